The molecule has 0 saturated carbocycles. The first-order valence-corrected chi connectivity index (χ1v) is 12.7. The van der Waals surface area contributed by atoms with Crippen LogP contribution in [0.3, 0.4) is 0 Å². The topological polar surface area (TPSA) is 92.3 Å². The number of hydrogen-bond acceptors (Lipinski definition) is 6. The minimum Gasteiger partial charge on any atom is -0.469 e. The van der Waals surface area contributed by atoms with Crippen LogP contribution in [0.5, 0.6) is 5.88 Å². The van der Waals surface area contributed by atoms with Gasteiger partial charge in [-0.05, 0) is 51.0 Å². The van der Waals surface area contributed by atoms with Crippen LogP contribution in [0.2, 0.25) is 18.1 Å². The summed E-state index contributed by atoms with van der Waals surface area (Å²) >= 11 is 0. The molecule has 0 fully saturated rings. The molecule has 0 aliphatic carbocycles. The van der Waals surface area contributed by atoms with E-state index in [9.17, 15) is 14.5 Å². The van der Waals surface area contributed by atoms with Gasteiger partial charge < -0.3 is 9.16 Å². The molecule has 2 aromatic heterocycles. The summed E-state index contributed by atoms with van der Waals surface area (Å²) in [5, 5.41) is 15.8. The lowest BCUT2D eigenvalue weighted by Crippen LogP contribution is -2.42. The normalized spacial score (nSPS) is 13.4. The van der Waals surface area contributed by atoms with Crippen molar-refractivity contribution in [1.82, 2.24) is 14.8 Å². The molecule has 166 valence electrons. The van der Waals surface area contributed by atoms with Crippen molar-refractivity contribution in [1.29, 1.82) is 0 Å². The highest BCUT2D eigenvalue weighted by Gasteiger charge is 2.38. The molecule has 0 N–H and O–H groups in total. The summed E-state index contributed by atoms with van der Waals surface area (Å²) in [7, 11) is -2.10. The van der Waals surface area contributed by atoms with Crippen LogP contribution in [0.4, 0.5) is 10.1 Å². The predicted molar refractivity (Wildman–Crippen MR) is 116 cm³/mol. The number of alkyl halides is 1. The van der Waals surface area contributed by atoms with E-state index in [2.05, 4.69) is 30.9 Å². The maximum absolute atomic E-state index is 14.4. The van der Waals surface area contributed by atoms with E-state index in [1.54, 1.807) is 26.0 Å². The Bertz CT molecular complexity index is 924. The third-order valence-corrected chi connectivity index (χ3v) is 9.99. The molecule has 0 unspecified atom stereocenters. The monoisotopic (exact) mass is 438 g/mol. The van der Waals surface area contributed by atoms with Gasteiger partial charge in [-0.1, -0.05) is 20.8 Å². The molecule has 2 rings (SSSR count). The van der Waals surface area contributed by atoms with E-state index >= 15 is 0 Å². The Morgan fingerprint density at radius 1 is 1.23 bits per heavy atom. The van der Waals surface area contributed by atoms with Crippen LogP contribution in [-0.2, 0) is 4.43 Å². The fourth-order valence-corrected chi connectivity index (χ4v) is 3.68. The van der Waals surface area contributed by atoms with E-state index in [-0.39, 0.29) is 35.5 Å². The van der Waals surface area contributed by atoms with Crippen molar-refractivity contribution in [2.24, 2.45) is 0 Å². The van der Waals surface area contributed by atoms with Crippen molar-refractivity contribution < 1.29 is 18.5 Å². The van der Waals surface area contributed by atoms with Crippen molar-refractivity contribution >= 4 is 14.0 Å². The van der Waals surface area contributed by atoms with E-state index in [0.717, 1.165) is 5.69 Å². The van der Waals surface area contributed by atoms with Crippen LogP contribution in [0, 0.1) is 30.9 Å². The van der Waals surface area contributed by atoms with Crippen LogP contribution in [0.1, 0.15) is 37.9 Å². The molecule has 2 heterocycles. The molecule has 0 aliphatic heterocycles. The van der Waals surface area contributed by atoms with Crippen LogP contribution >= 0.6 is 0 Å². The zero-order valence-corrected chi connectivity index (χ0v) is 19.9. The average Bonchev–Trinajstić information content (AvgIpc) is 2.93. The van der Waals surface area contributed by atoms with Gasteiger partial charge in [-0.3, -0.25) is 15.1 Å². The Morgan fingerprint density at radius 3 is 2.40 bits per heavy atom. The van der Waals surface area contributed by atoms with E-state index in [1.807, 2.05) is 20.0 Å². The van der Waals surface area contributed by atoms with Gasteiger partial charge in [0.05, 0.1) is 22.9 Å². The average molecular weight is 439 g/mol. The van der Waals surface area contributed by atoms with E-state index in [1.165, 1.54) is 4.68 Å². The van der Waals surface area contributed by atoms with Gasteiger partial charge in [0, 0.05) is 5.69 Å². The lowest BCUT2D eigenvalue weighted by atomic mass is 10.2. The lowest BCUT2D eigenvalue weighted by Gasteiger charge is -2.36. The Balaban J connectivity index is 2.19. The summed E-state index contributed by atoms with van der Waals surface area (Å²) in [6.07, 6.45) is -1.42. The number of halogens is 1. The molecule has 0 amide bonds. The second kappa shape index (κ2) is 8.81. The largest absolute Gasteiger partial charge is 0.469 e. The Kier molecular flexibility index (Phi) is 7.03. The molecule has 30 heavy (non-hydrogen) atoms. The summed E-state index contributed by atoms with van der Waals surface area (Å²) < 4.78 is 27.1. The maximum Gasteiger partial charge on any atom is 0.353 e. The van der Waals surface area contributed by atoms with Crippen LogP contribution < -0.4 is 4.74 Å². The smallest absolute Gasteiger partial charge is 0.353 e. The van der Waals surface area contributed by atoms with Crippen molar-refractivity contribution in [3.8, 4) is 11.6 Å². The van der Waals surface area contributed by atoms with Crippen molar-refractivity contribution in [2.45, 2.75) is 65.8 Å². The van der Waals surface area contributed by atoms with E-state index in [4.69, 9.17) is 9.16 Å². The lowest BCUT2D eigenvalue weighted by molar-refractivity contribution is -0.386. The standard InChI is InChI=1S/C20H31FN4O4Si/c1-13-9-10-17(14(2)22-13)24-15(3)18(25(26)27)19(23-24)28-11-16(21)12-29-30(7,8)20(4,5)6/h9-10,16H,11-12H2,1-8H3/t16-/m0/s1. The highest BCUT2D eigenvalue weighted by atomic mass is 28.4. The third-order valence-electron chi connectivity index (χ3n) is 5.49. The van der Waals surface area contributed by atoms with E-state index < -0.39 is 19.4 Å². The van der Waals surface area contributed by atoms with Crippen molar-refractivity contribution in [2.75, 3.05) is 13.2 Å². The molecule has 1 atom stereocenters. The summed E-state index contributed by atoms with van der Waals surface area (Å²) in [5.41, 5.74) is 2.11. The van der Waals surface area contributed by atoms with Gasteiger partial charge in [-0.15, -0.1) is 5.10 Å². The van der Waals surface area contributed by atoms with Gasteiger partial charge in [0.25, 0.3) is 0 Å². The Hall–Kier alpha value is -2.33. The number of ether oxygens (including phenoxy) is 1. The molecule has 2 aromatic rings. The van der Waals surface area contributed by atoms with Crippen LogP contribution in [-0.4, -0.2) is 47.4 Å². The van der Waals surface area contributed by atoms with Crippen molar-refractivity contribution in [3.63, 3.8) is 0 Å². The summed E-state index contributed by atoms with van der Waals surface area (Å²) in [6, 6.07) is 3.59. The van der Waals surface area contributed by atoms with Gasteiger partial charge in [0.2, 0.25) is 0 Å². The number of hydrogen-bond donors (Lipinski definition) is 0. The zero-order chi connectivity index (χ0) is 22.9. The molecule has 0 radical (unpaired) electrons. The second-order valence-corrected chi connectivity index (χ2v) is 13.8. The predicted octanol–water partition coefficient (Wildman–Crippen LogP) is 4.84. The van der Waals surface area contributed by atoms with Gasteiger partial charge >= 0.3 is 11.6 Å². The molecule has 10 heteroatoms. The Morgan fingerprint density at radius 2 is 1.87 bits per heavy atom. The fourth-order valence-electron chi connectivity index (χ4n) is 2.65. The molecule has 0 spiro atoms. The quantitative estimate of drug-likeness (QED) is 0.333. The van der Waals surface area contributed by atoms with Gasteiger partial charge in [-0.2, -0.15) is 0 Å². The number of nitro groups is 1. The number of aromatic nitrogens is 3. The molecule has 0 aromatic carbocycles. The summed E-state index contributed by atoms with van der Waals surface area (Å²) in [4.78, 5) is 15.4. The number of pyridine rings is 1. The fraction of sp³-hybridized carbons (Fsp3) is 0.600. The SMILES string of the molecule is Cc1ccc(-n2nc(OC[C@H](F)CO[Si](C)(C)C(C)(C)C)c([N+](=O)[O-])c2C)c(C)n1. The molecular weight excluding hydrogens is 407 g/mol. The molecule has 0 aliphatic rings. The first-order valence-electron chi connectivity index (χ1n) is 9.84. The molecule has 0 bridgehead atoms. The van der Waals surface area contributed by atoms with Gasteiger partial charge in [0.1, 0.15) is 12.3 Å². The number of nitrogens with zero attached hydrogens (tertiary/aromatic N) is 4. The number of aryl methyl sites for hydroxylation is 2. The highest BCUT2D eigenvalue weighted by molar-refractivity contribution is 6.74. The van der Waals surface area contributed by atoms with E-state index in [0.29, 0.717) is 11.4 Å². The second-order valence-electron chi connectivity index (χ2n) is 8.94. The van der Waals surface area contributed by atoms with Crippen molar-refractivity contribution in [3.05, 3.63) is 39.3 Å². The van der Waals surface area contributed by atoms with Gasteiger partial charge in [-0.25, -0.2) is 9.07 Å². The zero-order valence-electron chi connectivity index (χ0n) is 18.9. The van der Waals surface area contributed by atoms with Crippen LogP contribution in [0.15, 0.2) is 12.1 Å². The first-order chi connectivity index (χ1) is 13.7. The first kappa shape index (κ1) is 23.9. The molecule has 8 nitrogen and oxygen atoms in total. The molecule has 0 saturated heterocycles. The summed E-state index contributed by atoms with van der Waals surface area (Å²) in [6.45, 7) is 15.0. The summed E-state index contributed by atoms with van der Waals surface area (Å²) in [5.74, 6) is -0.215. The maximum atomic E-state index is 14.4. The van der Waals surface area contributed by atoms with Gasteiger partial charge in [0.15, 0.2) is 14.5 Å². The Labute approximate surface area is 177 Å². The number of rotatable bonds is 8. The highest BCUT2D eigenvalue weighted by Crippen LogP contribution is 2.37. The minimum atomic E-state index is -2.10. The third kappa shape index (κ3) is 5.23. The van der Waals surface area contributed by atoms with Crippen LogP contribution in [0.25, 0.3) is 5.69 Å². The minimum absolute atomic E-state index is 0.0395. The molecular formula is C20H31FN4O4Si.